The molecule has 1 atom stereocenters. The van der Waals surface area contributed by atoms with Gasteiger partial charge in [0.15, 0.2) is 4.87 Å². The average Bonchev–Trinajstić information content (AvgIpc) is 3.30. The van der Waals surface area contributed by atoms with Crippen molar-refractivity contribution in [2.24, 2.45) is 4.99 Å². The number of halogens is 3. The summed E-state index contributed by atoms with van der Waals surface area (Å²) in [5.74, 6) is -1.62. The van der Waals surface area contributed by atoms with Crippen molar-refractivity contribution in [3.05, 3.63) is 86.9 Å². The highest BCUT2D eigenvalue weighted by molar-refractivity contribution is 9.09. The molecule has 11 heteroatoms. The Bertz CT molecular complexity index is 1490. The first-order valence-electron chi connectivity index (χ1n) is 10.1. The highest BCUT2D eigenvalue weighted by Crippen LogP contribution is 2.35. The third-order valence-corrected chi connectivity index (χ3v) is 8.37. The number of H-pyrrole nitrogens is 1. The molecular weight excluding hydrogens is 549 g/mol. The maximum absolute atomic E-state index is 14.9. The standard InChI is InChI=1S/C23H18BrClFN3O4S/c24-8-7-23(6-1-9-29-23)34(32,33)16-10-17-20(19(26)11-16)27-13-18(21(17)30)22(31)28-12-14-2-4-15(25)5-3-14/h1-6,9-11,13H,7-8,12H2,(H,27,30)(H,28,31). The van der Waals surface area contributed by atoms with E-state index in [-0.39, 0.29) is 29.4 Å². The minimum Gasteiger partial charge on any atom is -0.358 e. The molecular formula is C23H18BrClFN3O4S. The lowest BCUT2D eigenvalue weighted by molar-refractivity contribution is 0.0949. The fourth-order valence-corrected chi connectivity index (χ4v) is 6.41. The van der Waals surface area contributed by atoms with Gasteiger partial charge in [-0.3, -0.25) is 14.6 Å². The van der Waals surface area contributed by atoms with E-state index in [0.29, 0.717) is 10.4 Å². The summed E-state index contributed by atoms with van der Waals surface area (Å²) in [7, 11) is -4.19. The van der Waals surface area contributed by atoms with Gasteiger partial charge < -0.3 is 10.3 Å². The van der Waals surface area contributed by atoms with Gasteiger partial charge in [0.1, 0.15) is 11.4 Å². The molecule has 0 saturated heterocycles. The van der Waals surface area contributed by atoms with Crippen LogP contribution in [0.1, 0.15) is 22.3 Å². The van der Waals surface area contributed by atoms with E-state index in [0.717, 1.165) is 23.9 Å². The fourth-order valence-electron chi connectivity index (χ4n) is 3.65. The van der Waals surface area contributed by atoms with Crippen molar-refractivity contribution >= 4 is 60.4 Å². The van der Waals surface area contributed by atoms with Crippen LogP contribution in [0.2, 0.25) is 5.02 Å². The molecule has 2 aromatic carbocycles. The fraction of sp³-hybridized carbons (Fsp3) is 0.174. The molecule has 1 aliphatic rings. The Kier molecular flexibility index (Phi) is 6.75. The van der Waals surface area contributed by atoms with E-state index in [9.17, 15) is 22.4 Å². The van der Waals surface area contributed by atoms with Gasteiger partial charge >= 0.3 is 0 Å². The molecule has 34 heavy (non-hydrogen) atoms. The normalized spacial score (nSPS) is 17.4. The highest BCUT2D eigenvalue weighted by Gasteiger charge is 2.43. The van der Waals surface area contributed by atoms with Gasteiger partial charge in [0.2, 0.25) is 15.3 Å². The number of aromatic amines is 1. The number of nitrogens with zero attached hydrogens (tertiary/aromatic N) is 1. The Labute approximate surface area is 207 Å². The average molecular weight is 567 g/mol. The van der Waals surface area contributed by atoms with Crippen molar-refractivity contribution in [2.45, 2.75) is 22.7 Å². The second-order valence-electron chi connectivity index (χ2n) is 7.59. The van der Waals surface area contributed by atoms with Crippen LogP contribution in [0.5, 0.6) is 0 Å². The van der Waals surface area contributed by atoms with E-state index in [4.69, 9.17) is 11.6 Å². The van der Waals surface area contributed by atoms with E-state index in [2.05, 4.69) is 31.2 Å². The summed E-state index contributed by atoms with van der Waals surface area (Å²) in [6.45, 7) is 0.135. The number of carbonyl (C=O) groups excluding carboxylic acids is 1. The van der Waals surface area contributed by atoms with Crippen molar-refractivity contribution in [1.29, 1.82) is 0 Å². The van der Waals surface area contributed by atoms with Crippen LogP contribution in [-0.4, -0.2) is 35.7 Å². The van der Waals surface area contributed by atoms with Crippen LogP contribution in [0.3, 0.4) is 0 Å². The summed E-state index contributed by atoms with van der Waals surface area (Å²) in [5, 5.41) is 3.25. The number of allylic oxidation sites excluding steroid dienone is 1. The van der Waals surface area contributed by atoms with Crippen molar-refractivity contribution in [1.82, 2.24) is 10.3 Å². The zero-order chi connectivity index (χ0) is 24.5. The number of sulfone groups is 1. The molecule has 1 aliphatic heterocycles. The van der Waals surface area contributed by atoms with Crippen LogP contribution in [0.4, 0.5) is 4.39 Å². The van der Waals surface area contributed by atoms with Gasteiger partial charge in [-0.25, -0.2) is 12.8 Å². The van der Waals surface area contributed by atoms with Crippen LogP contribution in [0, 0.1) is 5.82 Å². The molecule has 0 spiro atoms. The topological polar surface area (TPSA) is 108 Å². The third kappa shape index (κ3) is 4.33. The molecule has 0 radical (unpaired) electrons. The zero-order valence-electron chi connectivity index (χ0n) is 17.5. The lowest BCUT2D eigenvalue weighted by Gasteiger charge is -2.23. The van der Waals surface area contributed by atoms with Gasteiger partial charge in [-0.15, -0.1) is 0 Å². The minimum atomic E-state index is -4.19. The van der Waals surface area contributed by atoms with Crippen molar-refractivity contribution in [2.75, 3.05) is 5.33 Å². The number of hydrogen-bond acceptors (Lipinski definition) is 5. The van der Waals surface area contributed by atoms with Gasteiger partial charge in [-0.2, -0.15) is 0 Å². The second-order valence-corrected chi connectivity index (χ2v) is 11.0. The Morgan fingerprint density at radius 2 is 1.97 bits per heavy atom. The Balaban J connectivity index is 1.73. The van der Waals surface area contributed by atoms with E-state index in [1.807, 2.05) is 0 Å². The molecule has 0 saturated carbocycles. The third-order valence-electron chi connectivity index (χ3n) is 5.49. The quantitative estimate of drug-likeness (QED) is 0.419. The summed E-state index contributed by atoms with van der Waals surface area (Å²) < 4.78 is 41.7. The number of carbonyl (C=O) groups is 1. The van der Waals surface area contributed by atoms with Crippen molar-refractivity contribution < 1.29 is 17.6 Å². The summed E-state index contributed by atoms with van der Waals surface area (Å²) in [5.41, 5.74) is -0.502. The van der Waals surface area contributed by atoms with E-state index in [1.54, 1.807) is 24.3 Å². The number of fused-ring (bicyclic) bond motifs is 1. The Hall–Kier alpha value is -2.82. The largest absolute Gasteiger partial charge is 0.358 e. The van der Waals surface area contributed by atoms with Crippen molar-refractivity contribution in [3.63, 3.8) is 0 Å². The van der Waals surface area contributed by atoms with Gasteiger partial charge in [0, 0.05) is 35.7 Å². The van der Waals surface area contributed by atoms with Crippen LogP contribution in [0.25, 0.3) is 10.9 Å². The molecule has 3 aromatic rings. The van der Waals surface area contributed by atoms with Gasteiger partial charge in [-0.05, 0) is 42.0 Å². The number of benzene rings is 2. The van der Waals surface area contributed by atoms with E-state index >= 15 is 0 Å². The van der Waals surface area contributed by atoms with Crippen LogP contribution < -0.4 is 10.7 Å². The Morgan fingerprint density at radius 1 is 1.24 bits per heavy atom. The molecule has 0 aliphatic carbocycles. The number of aliphatic imine (C=N–C) groups is 1. The maximum atomic E-state index is 14.9. The molecule has 0 bridgehead atoms. The summed E-state index contributed by atoms with van der Waals surface area (Å²) in [6.07, 6.45) is 5.53. The first kappa shape index (κ1) is 24.3. The number of amides is 1. The zero-order valence-corrected chi connectivity index (χ0v) is 20.7. The predicted octanol–water partition coefficient (Wildman–Crippen LogP) is 4.15. The lowest BCUT2D eigenvalue weighted by atomic mass is 10.1. The SMILES string of the molecule is O=C(NCc1ccc(Cl)cc1)c1c[nH]c2c(F)cc(S(=O)(=O)C3(CCBr)C=CC=N3)cc2c1=O. The summed E-state index contributed by atoms with van der Waals surface area (Å²) in [6, 6.07) is 8.72. The molecule has 1 unspecified atom stereocenters. The molecule has 1 amide bonds. The van der Waals surface area contributed by atoms with Gasteiger partial charge in [-0.1, -0.05) is 39.7 Å². The molecule has 1 aromatic heterocycles. The smallest absolute Gasteiger partial charge is 0.257 e. The minimum absolute atomic E-state index is 0.117. The van der Waals surface area contributed by atoms with Crippen LogP contribution >= 0.6 is 27.5 Å². The van der Waals surface area contributed by atoms with E-state index < -0.39 is 36.8 Å². The number of nitrogens with one attached hydrogen (secondary N) is 2. The predicted molar refractivity (Wildman–Crippen MR) is 133 cm³/mol. The Morgan fingerprint density at radius 3 is 2.62 bits per heavy atom. The monoisotopic (exact) mass is 565 g/mol. The lowest BCUT2D eigenvalue weighted by Crippen LogP contribution is -2.34. The number of pyridine rings is 1. The molecule has 7 nitrogen and oxygen atoms in total. The molecule has 2 heterocycles. The molecule has 4 rings (SSSR count). The van der Waals surface area contributed by atoms with Crippen molar-refractivity contribution in [3.8, 4) is 0 Å². The summed E-state index contributed by atoms with van der Waals surface area (Å²) in [4.78, 5) is 30.4. The first-order valence-corrected chi connectivity index (χ1v) is 13.1. The molecule has 176 valence electrons. The number of hydrogen-bond donors (Lipinski definition) is 2. The molecule has 2 N–H and O–H groups in total. The van der Waals surface area contributed by atoms with Crippen LogP contribution in [-0.2, 0) is 16.4 Å². The number of aromatic nitrogens is 1. The maximum Gasteiger partial charge on any atom is 0.257 e. The molecule has 0 fully saturated rings. The number of alkyl halides is 1. The van der Waals surface area contributed by atoms with Gasteiger partial charge in [0.05, 0.1) is 15.8 Å². The summed E-state index contributed by atoms with van der Waals surface area (Å²) >= 11 is 9.09. The highest BCUT2D eigenvalue weighted by atomic mass is 79.9. The van der Waals surface area contributed by atoms with Crippen LogP contribution in [0.15, 0.2) is 69.4 Å². The first-order chi connectivity index (χ1) is 16.2. The second kappa shape index (κ2) is 9.44. The van der Waals surface area contributed by atoms with E-state index in [1.165, 1.54) is 18.4 Å². The number of rotatable bonds is 7. The van der Waals surface area contributed by atoms with Gasteiger partial charge in [0.25, 0.3) is 5.91 Å².